The molecular formula is C18H22N2O8S3. The molecule has 3 rings (SSSR count). The Morgan fingerprint density at radius 1 is 0.839 bits per heavy atom. The lowest BCUT2D eigenvalue weighted by Gasteiger charge is -2.32. The van der Waals surface area contributed by atoms with Crippen molar-refractivity contribution in [2.45, 2.75) is 16.7 Å². The third-order valence-electron chi connectivity index (χ3n) is 4.64. The van der Waals surface area contributed by atoms with E-state index < -0.39 is 40.0 Å². The van der Waals surface area contributed by atoms with Crippen molar-refractivity contribution in [2.75, 3.05) is 32.4 Å². The van der Waals surface area contributed by atoms with Crippen molar-refractivity contribution in [1.29, 1.82) is 0 Å². The summed E-state index contributed by atoms with van der Waals surface area (Å²) in [6, 6.07) is 8.92. The van der Waals surface area contributed by atoms with Crippen LogP contribution in [0.5, 0.6) is 11.5 Å². The predicted octanol–water partition coefficient (Wildman–Crippen LogP) is 0.734. The van der Waals surface area contributed by atoms with E-state index in [2.05, 4.69) is 0 Å². The molecule has 1 fully saturated rings. The summed E-state index contributed by atoms with van der Waals surface area (Å²) in [5.41, 5.74) is 0.551. The summed E-state index contributed by atoms with van der Waals surface area (Å²) >= 11 is 0. The number of sulfonamides is 2. The summed E-state index contributed by atoms with van der Waals surface area (Å²) in [5, 5.41) is 9.67. The first-order valence-electron chi connectivity index (χ1n) is 9.10. The van der Waals surface area contributed by atoms with Gasteiger partial charge in [-0.3, -0.25) is 0 Å². The quantitative estimate of drug-likeness (QED) is 0.585. The zero-order valence-corrected chi connectivity index (χ0v) is 19.2. The van der Waals surface area contributed by atoms with Gasteiger partial charge in [-0.1, -0.05) is 12.1 Å². The Morgan fingerprint density at radius 3 is 1.94 bits per heavy atom. The van der Waals surface area contributed by atoms with Gasteiger partial charge in [0.25, 0.3) is 0 Å². The predicted molar refractivity (Wildman–Crippen MR) is 112 cm³/mol. The maximum absolute atomic E-state index is 13.2. The summed E-state index contributed by atoms with van der Waals surface area (Å²) in [6.07, 6.45) is 1.04. The van der Waals surface area contributed by atoms with Gasteiger partial charge in [-0.05, 0) is 36.8 Å². The average Bonchev–Trinajstić information content (AvgIpc) is 2.66. The second-order valence-electron chi connectivity index (χ2n) is 7.05. The number of rotatable bonds is 6. The SMILES string of the molecule is Cc1cc(O)cc(OS(=O)(=O)c2ccccc2S(=O)(=O)N2CCN(S(C)(=O)=O)CC2)c1. The van der Waals surface area contributed by atoms with Crippen LogP contribution in [-0.2, 0) is 30.2 Å². The molecule has 0 atom stereocenters. The number of hydrogen-bond acceptors (Lipinski definition) is 8. The maximum atomic E-state index is 13.2. The average molecular weight is 491 g/mol. The molecule has 10 nitrogen and oxygen atoms in total. The van der Waals surface area contributed by atoms with Crippen LogP contribution in [0.4, 0.5) is 0 Å². The lowest BCUT2D eigenvalue weighted by atomic mass is 10.2. The van der Waals surface area contributed by atoms with E-state index in [9.17, 15) is 30.4 Å². The molecule has 0 spiro atoms. The van der Waals surface area contributed by atoms with E-state index in [1.807, 2.05) is 0 Å². The van der Waals surface area contributed by atoms with Gasteiger partial charge < -0.3 is 9.29 Å². The molecule has 1 N–H and O–H groups in total. The monoisotopic (exact) mass is 490 g/mol. The lowest BCUT2D eigenvalue weighted by Crippen LogP contribution is -2.50. The molecule has 170 valence electrons. The minimum Gasteiger partial charge on any atom is -0.508 e. The number of aryl methyl sites for hydroxylation is 1. The van der Waals surface area contributed by atoms with Crippen LogP contribution in [0.1, 0.15) is 5.56 Å². The Kier molecular flexibility index (Phi) is 6.35. The van der Waals surface area contributed by atoms with Crippen molar-refractivity contribution in [2.24, 2.45) is 0 Å². The Balaban J connectivity index is 1.94. The fraction of sp³-hybridized carbons (Fsp3) is 0.333. The fourth-order valence-corrected chi connectivity index (χ4v) is 7.14. The van der Waals surface area contributed by atoms with E-state index in [1.54, 1.807) is 6.92 Å². The Bertz CT molecular complexity index is 1280. The van der Waals surface area contributed by atoms with E-state index in [1.165, 1.54) is 24.3 Å². The van der Waals surface area contributed by atoms with Crippen LogP contribution in [0, 0.1) is 6.92 Å². The number of piperazine rings is 1. The van der Waals surface area contributed by atoms with Crippen molar-refractivity contribution in [3.05, 3.63) is 48.0 Å². The first-order chi connectivity index (χ1) is 14.3. The van der Waals surface area contributed by atoms with E-state index in [0.717, 1.165) is 33.1 Å². The maximum Gasteiger partial charge on any atom is 0.340 e. The molecule has 2 aromatic carbocycles. The normalized spacial score (nSPS) is 16.8. The van der Waals surface area contributed by atoms with Crippen molar-refractivity contribution in [3.63, 3.8) is 0 Å². The van der Waals surface area contributed by atoms with Crippen molar-refractivity contribution in [3.8, 4) is 11.5 Å². The standard InChI is InChI=1S/C18H22N2O8S3/c1-14-11-15(21)13-16(12-14)28-31(26,27)18-6-4-3-5-17(18)30(24,25)20-9-7-19(8-10-20)29(2,22)23/h3-6,11-13,21H,7-10H2,1-2H3. The molecule has 0 amide bonds. The minimum absolute atomic E-state index is 0.0357. The first-order valence-corrected chi connectivity index (χ1v) is 13.8. The molecule has 0 saturated carbocycles. The van der Waals surface area contributed by atoms with Gasteiger partial charge in [0.15, 0.2) is 0 Å². The van der Waals surface area contributed by atoms with E-state index in [0.29, 0.717) is 5.56 Å². The summed E-state index contributed by atoms with van der Waals surface area (Å²) in [4.78, 5) is -1.03. The fourth-order valence-electron chi connectivity index (χ4n) is 3.20. The minimum atomic E-state index is -4.56. The number of phenolic OH excluding ortho intramolecular Hbond substituents is 1. The van der Waals surface area contributed by atoms with Crippen LogP contribution in [-0.4, -0.2) is 71.4 Å². The second-order valence-corrected chi connectivity index (χ2v) is 12.5. The molecule has 1 heterocycles. The topological polar surface area (TPSA) is 138 Å². The van der Waals surface area contributed by atoms with Gasteiger partial charge in [0, 0.05) is 32.2 Å². The van der Waals surface area contributed by atoms with Gasteiger partial charge in [-0.25, -0.2) is 16.8 Å². The third-order valence-corrected chi connectivity index (χ3v) is 9.34. The number of hydrogen-bond donors (Lipinski definition) is 1. The van der Waals surface area contributed by atoms with Crippen molar-refractivity contribution >= 4 is 30.2 Å². The van der Waals surface area contributed by atoms with Crippen LogP contribution < -0.4 is 4.18 Å². The van der Waals surface area contributed by atoms with Crippen molar-refractivity contribution in [1.82, 2.24) is 8.61 Å². The molecule has 13 heteroatoms. The molecule has 1 saturated heterocycles. The van der Waals surface area contributed by atoms with Gasteiger partial charge >= 0.3 is 10.1 Å². The number of nitrogens with zero attached hydrogens (tertiary/aromatic N) is 2. The lowest BCUT2D eigenvalue weighted by molar-refractivity contribution is 0.273. The van der Waals surface area contributed by atoms with E-state index in [4.69, 9.17) is 4.18 Å². The van der Waals surface area contributed by atoms with E-state index in [-0.39, 0.29) is 37.7 Å². The molecular weight excluding hydrogens is 468 g/mol. The van der Waals surface area contributed by atoms with Gasteiger partial charge in [0.05, 0.1) is 6.26 Å². The third kappa shape index (κ3) is 5.18. The highest BCUT2D eigenvalue weighted by Gasteiger charge is 2.35. The summed E-state index contributed by atoms with van der Waals surface area (Å²) in [6.45, 7) is 1.33. The van der Waals surface area contributed by atoms with Gasteiger partial charge in [0.1, 0.15) is 21.3 Å². The van der Waals surface area contributed by atoms with Crippen molar-refractivity contribution < 1.29 is 34.5 Å². The van der Waals surface area contributed by atoms with Gasteiger partial charge in [0.2, 0.25) is 20.0 Å². The molecule has 31 heavy (non-hydrogen) atoms. The van der Waals surface area contributed by atoms with Crippen LogP contribution >= 0.6 is 0 Å². The van der Waals surface area contributed by atoms with Crippen LogP contribution in [0.2, 0.25) is 0 Å². The molecule has 1 aliphatic rings. The molecule has 2 aromatic rings. The Hall–Kier alpha value is -2.19. The number of aromatic hydroxyl groups is 1. The highest BCUT2D eigenvalue weighted by Crippen LogP contribution is 2.29. The number of phenols is 1. The number of benzene rings is 2. The molecule has 0 unspecified atom stereocenters. The largest absolute Gasteiger partial charge is 0.508 e. The Morgan fingerprint density at radius 2 is 1.39 bits per heavy atom. The van der Waals surface area contributed by atoms with Crippen LogP contribution in [0.3, 0.4) is 0 Å². The highest BCUT2D eigenvalue weighted by molar-refractivity contribution is 7.91. The van der Waals surface area contributed by atoms with Gasteiger partial charge in [-0.15, -0.1) is 0 Å². The highest BCUT2D eigenvalue weighted by atomic mass is 32.2. The second kappa shape index (κ2) is 8.39. The van der Waals surface area contributed by atoms with Crippen LogP contribution in [0.15, 0.2) is 52.3 Å². The van der Waals surface area contributed by atoms with Crippen LogP contribution in [0.25, 0.3) is 0 Å². The molecule has 0 aliphatic carbocycles. The molecule has 0 radical (unpaired) electrons. The van der Waals surface area contributed by atoms with Gasteiger partial charge in [-0.2, -0.15) is 17.0 Å². The molecule has 0 bridgehead atoms. The zero-order chi connectivity index (χ0) is 23.0. The molecule has 0 aromatic heterocycles. The molecule has 1 aliphatic heterocycles. The van der Waals surface area contributed by atoms with E-state index >= 15 is 0 Å². The summed E-state index contributed by atoms with van der Waals surface area (Å²) < 4.78 is 82.7. The Labute approximate surface area is 181 Å². The first kappa shape index (κ1) is 23.5. The smallest absolute Gasteiger partial charge is 0.340 e. The summed E-state index contributed by atoms with van der Waals surface area (Å²) in [5.74, 6) is -0.360. The summed E-state index contributed by atoms with van der Waals surface area (Å²) in [7, 11) is -12.3. The zero-order valence-electron chi connectivity index (χ0n) is 16.8.